The molecule has 0 fully saturated rings. The van der Waals surface area contributed by atoms with Crippen LogP contribution >= 0.6 is 11.3 Å². The first-order valence-corrected chi connectivity index (χ1v) is 8.22. The third kappa shape index (κ3) is 3.24. The zero-order chi connectivity index (χ0) is 14.7. The minimum atomic E-state index is -0.00972. The molecule has 1 aliphatic carbocycles. The highest BCUT2D eigenvalue weighted by atomic mass is 32.1. The molecule has 108 valence electrons. The number of fused-ring (bicyclic) bond motifs is 1. The van der Waals surface area contributed by atoms with Gasteiger partial charge in [-0.2, -0.15) is 0 Å². The molecule has 0 saturated carbocycles. The van der Waals surface area contributed by atoms with Gasteiger partial charge in [-0.3, -0.25) is 4.79 Å². The number of carbonyl (C=O) groups is 1. The first-order chi connectivity index (χ1) is 10.2. The Hall–Kier alpha value is -1.87. The number of rotatable bonds is 3. The van der Waals surface area contributed by atoms with Crippen LogP contribution in [0.2, 0.25) is 0 Å². The van der Waals surface area contributed by atoms with Crippen LogP contribution < -0.4 is 5.32 Å². The lowest BCUT2D eigenvalue weighted by Gasteiger charge is -2.25. The lowest BCUT2D eigenvalue weighted by Crippen LogP contribution is -2.29. The molecule has 1 N–H and O–H groups in total. The Kier molecular flexibility index (Phi) is 4.20. The molecule has 2 nitrogen and oxygen atoms in total. The van der Waals surface area contributed by atoms with Gasteiger partial charge in [0.05, 0.1) is 6.04 Å². The van der Waals surface area contributed by atoms with Crippen molar-refractivity contribution in [3.63, 3.8) is 0 Å². The fourth-order valence-electron chi connectivity index (χ4n) is 2.83. The van der Waals surface area contributed by atoms with Gasteiger partial charge in [-0.25, -0.2) is 0 Å². The van der Waals surface area contributed by atoms with Gasteiger partial charge in [0.1, 0.15) is 0 Å². The summed E-state index contributed by atoms with van der Waals surface area (Å²) in [6, 6.07) is 10.6. The molecule has 1 aliphatic rings. The number of nitrogens with one attached hydrogen (secondary N) is 1. The number of carbonyl (C=O) groups excluding carboxylic acids is 1. The predicted octanol–water partition coefficient (Wildman–Crippen LogP) is 4.26. The number of hydrogen-bond acceptors (Lipinski definition) is 2. The van der Waals surface area contributed by atoms with E-state index >= 15 is 0 Å². The van der Waals surface area contributed by atoms with Crippen LogP contribution in [0.15, 0.2) is 41.8 Å². The topological polar surface area (TPSA) is 29.1 Å². The van der Waals surface area contributed by atoms with Gasteiger partial charge in [0, 0.05) is 11.0 Å². The molecular formula is C18H19NOS. The maximum atomic E-state index is 12.1. The molecule has 1 atom stereocenters. The van der Waals surface area contributed by atoms with Crippen molar-refractivity contribution in [1.29, 1.82) is 0 Å². The number of benzene rings is 1. The van der Waals surface area contributed by atoms with Gasteiger partial charge in [-0.1, -0.05) is 24.3 Å². The quantitative estimate of drug-likeness (QED) is 0.843. The summed E-state index contributed by atoms with van der Waals surface area (Å²) in [5.74, 6) is -0.00972. The third-order valence-electron chi connectivity index (χ3n) is 3.97. The van der Waals surface area contributed by atoms with E-state index in [9.17, 15) is 4.79 Å². The maximum Gasteiger partial charge on any atom is 0.244 e. The highest BCUT2D eigenvalue weighted by molar-refractivity contribution is 7.11. The monoisotopic (exact) mass is 297 g/mol. The maximum absolute atomic E-state index is 12.1. The second-order valence-electron chi connectivity index (χ2n) is 5.45. The van der Waals surface area contributed by atoms with Gasteiger partial charge in [-0.05, 0) is 60.4 Å². The minimum Gasteiger partial charge on any atom is -0.346 e. The van der Waals surface area contributed by atoms with E-state index in [1.807, 2.05) is 17.5 Å². The molecule has 0 spiro atoms. The molecule has 3 rings (SSSR count). The van der Waals surface area contributed by atoms with Crippen LogP contribution in [-0.2, 0) is 11.2 Å². The molecule has 0 unspecified atom stereocenters. The van der Waals surface area contributed by atoms with Crippen molar-refractivity contribution < 1.29 is 4.79 Å². The Balaban J connectivity index is 1.69. The summed E-state index contributed by atoms with van der Waals surface area (Å²) in [6.45, 7) is 2.06. The van der Waals surface area contributed by atoms with E-state index in [4.69, 9.17) is 0 Å². The van der Waals surface area contributed by atoms with E-state index in [-0.39, 0.29) is 11.9 Å². The average molecular weight is 297 g/mol. The van der Waals surface area contributed by atoms with Crippen LogP contribution in [0.1, 0.15) is 40.5 Å². The van der Waals surface area contributed by atoms with Gasteiger partial charge in [0.25, 0.3) is 0 Å². The molecule has 3 heteroatoms. The second kappa shape index (κ2) is 6.27. The van der Waals surface area contributed by atoms with Crippen LogP contribution in [0, 0.1) is 6.92 Å². The zero-order valence-electron chi connectivity index (χ0n) is 12.1. The Bertz CT molecular complexity index is 671. The Morgan fingerprint density at radius 2 is 2.19 bits per heavy atom. The molecule has 0 aliphatic heterocycles. The number of aryl methyl sites for hydroxylation is 2. The van der Waals surface area contributed by atoms with Gasteiger partial charge < -0.3 is 5.32 Å². The van der Waals surface area contributed by atoms with Crippen molar-refractivity contribution in [2.45, 2.75) is 32.2 Å². The van der Waals surface area contributed by atoms with Crippen molar-refractivity contribution in [2.75, 3.05) is 0 Å². The molecule has 0 radical (unpaired) electrons. The van der Waals surface area contributed by atoms with Gasteiger partial charge >= 0.3 is 0 Å². The van der Waals surface area contributed by atoms with Crippen LogP contribution in [0.25, 0.3) is 6.08 Å². The molecule has 2 aromatic rings. The number of thiophene rings is 1. The van der Waals surface area contributed by atoms with E-state index in [1.165, 1.54) is 16.7 Å². The summed E-state index contributed by atoms with van der Waals surface area (Å²) >= 11 is 1.66. The smallest absolute Gasteiger partial charge is 0.244 e. The molecule has 1 amide bonds. The van der Waals surface area contributed by atoms with Crippen LogP contribution in [0.5, 0.6) is 0 Å². The highest BCUT2D eigenvalue weighted by Gasteiger charge is 2.20. The normalized spacial score (nSPS) is 17.7. The fraction of sp³-hybridized carbons (Fsp3) is 0.278. The summed E-state index contributed by atoms with van der Waals surface area (Å²) < 4.78 is 0. The summed E-state index contributed by atoms with van der Waals surface area (Å²) in [4.78, 5) is 13.3. The van der Waals surface area contributed by atoms with Crippen molar-refractivity contribution in [1.82, 2.24) is 5.32 Å². The molecular weight excluding hydrogens is 278 g/mol. The summed E-state index contributed by atoms with van der Waals surface area (Å²) in [6.07, 6.45) is 6.83. The summed E-state index contributed by atoms with van der Waals surface area (Å²) in [5.41, 5.74) is 3.86. The molecule has 1 aromatic heterocycles. The van der Waals surface area contributed by atoms with Gasteiger partial charge in [0.2, 0.25) is 5.91 Å². The minimum absolute atomic E-state index is 0.00972. The Morgan fingerprint density at radius 3 is 3.00 bits per heavy atom. The predicted molar refractivity (Wildman–Crippen MR) is 88.4 cm³/mol. The highest BCUT2D eigenvalue weighted by Crippen LogP contribution is 2.29. The van der Waals surface area contributed by atoms with Crippen LogP contribution in [-0.4, -0.2) is 5.91 Å². The number of hydrogen-bond donors (Lipinski definition) is 1. The zero-order valence-corrected chi connectivity index (χ0v) is 13.0. The molecule has 1 aromatic carbocycles. The SMILES string of the molecule is Cc1ccsc1/C=C/C(=O)N[C@@H]1CCCc2ccccc21. The first-order valence-electron chi connectivity index (χ1n) is 7.34. The Morgan fingerprint density at radius 1 is 1.33 bits per heavy atom. The molecule has 0 bridgehead atoms. The molecule has 21 heavy (non-hydrogen) atoms. The van der Waals surface area contributed by atoms with E-state index in [0.717, 1.165) is 24.1 Å². The largest absolute Gasteiger partial charge is 0.346 e. The Labute approximate surface area is 129 Å². The molecule has 0 saturated heterocycles. The van der Waals surface area contributed by atoms with Crippen molar-refractivity contribution in [3.8, 4) is 0 Å². The van der Waals surface area contributed by atoms with Crippen LogP contribution in [0.3, 0.4) is 0 Å². The first kappa shape index (κ1) is 14.1. The summed E-state index contributed by atoms with van der Waals surface area (Å²) in [7, 11) is 0. The standard InChI is InChI=1S/C18H19NOS/c1-13-11-12-21-17(13)9-10-18(20)19-16-8-4-6-14-5-2-3-7-15(14)16/h2-3,5,7,9-12,16H,4,6,8H2,1H3,(H,19,20)/b10-9+/t16-/m1/s1. The lowest BCUT2D eigenvalue weighted by molar-refractivity contribution is -0.117. The van der Waals surface area contributed by atoms with Crippen LogP contribution in [0.4, 0.5) is 0 Å². The molecule has 1 heterocycles. The fourth-order valence-corrected chi connectivity index (χ4v) is 3.65. The average Bonchev–Trinajstić information content (AvgIpc) is 2.91. The third-order valence-corrected chi connectivity index (χ3v) is 4.96. The second-order valence-corrected chi connectivity index (χ2v) is 6.40. The van der Waals surface area contributed by atoms with Crippen molar-refractivity contribution in [2.24, 2.45) is 0 Å². The van der Waals surface area contributed by atoms with Gasteiger partial charge in [-0.15, -0.1) is 11.3 Å². The number of amides is 1. The summed E-state index contributed by atoms with van der Waals surface area (Å²) in [5, 5.41) is 5.18. The van der Waals surface area contributed by atoms with Crippen molar-refractivity contribution >= 4 is 23.3 Å². The lowest BCUT2D eigenvalue weighted by atomic mass is 9.88. The van der Waals surface area contributed by atoms with Crippen molar-refractivity contribution in [3.05, 3.63) is 63.4 Å². The van der Waals surface area contributed by atoms with E-state index < -0.39 is 0 Å². The van der Waals surface area contributed by atoms with E-state index in [1.54, 1.807) is 17.4 Å². The van der Waals surface area contributed by atoms with E-state index in [0.29, 0.717) is 0 Å². The van der Waals surface area contributed by atoms with E-state index in [2.05, 4.69) is 36.5 Å². The van der Waals surface area contributed by atoms with Gasteiger partial charge in [0.15, 0.2) is 0 Å².